The van der Waals surface area contributed by atoms with E-state index in [2.05, 4.69) is 4.98 Å². The number of rotatable bonds is 2. The number of hydrogen-bond donors (Lipinski definition) is 2. The number of aromatic nitrogens is 2. The molecule has 0 spiro atoms. The van der Waals surface area contributed by atoms with E-state index in [9.17, 15) is 9.90 Å². The highest BCUT2D eigenvalue weighted by atomic mass is 16.4. The lowest BCUT2D eigenvalue weighted by Gasteiger charge is -2.22. The highest BCUT2D eigenvalue weighted by Crippen LogP contribution is 2.25. The molecule has 1 aliphatic rings. The fraction of sp³-hybridized carbons (Fsp3) is 0.636. The minimum absolute atomic E-state index is 0.0995. The van der Waals surface area contributed by atoms with E-state index in [4.69, 9.17) is 5.11 Å². The Balaban J connectivity index is 2.53. The molecule has 0 aliphatic carbocycles. The highest BCUT2D eigenvalue weighted by Gasteiger charge is 2.28. The summed E-state index contributed by atoms with van der Waals surface area (Å²) in [5, 5.41) is 18.6. The SMILES string of the molecule is CC(C)c1nc(C(=O)O)c2n1CCC(O)C2. The number of carbonyl (C=O) groups is 1. The van der Waals surface area contributed by atoms with Gasteiger partial charge >= 0.3 is 5.97 Å². The van der Waals surface area contributed by atoms with Crippen LogP contribution in [0.25, 0.3) is 0 Å². The topological polar surface area (TPSA) is 75.3 Å². The van der Waals surface area contributed by atoms with E-state index in [0.29, 0.717) is 25.1 Å². The molecule has 5 heteroatoms. The van der Waals surface area contributed by atoms with Crippen LogP contribution >= 0.6 is 0 Å². The quantitative estimate of drug-likeness (QED) is 0.786. The third-order valence-corrected chi connectivity index (χ3v) is 2.94. The number of nitrogens with zero attached hydrogens (tertiary/aromatic N) is 2. The molecule has 0 aromatic carbocycles. The normalized spacial score (nSPS) is 19.9. The van der Waals surface area contributed by atoms with Gasteiger partial charge in [0.15, 0.2) is 5.69 Å². The van der Waals surface area contributed by atoms with Crippen molar-refractivity contribution in [1.29, 1.82) is 0 Å². The Morgan fingerprint density at radius 3 is 2.81 bits per heavy atom. The van der Waals surface area contributed by atoms with Gasteiger partial charge in [-0.05, 0) is 6.42 Å². The van der Waals surface area contributed by atoms with Gasteiger partial charge in [-0.1, -0.05) is 13.8 Å². The predicted molar refractivity (Wildman–Crippen MR) is 57.6 cm³/mol. The van der Waals surface area contributed by atoms with Crippen LogP contribution in [-0.4, -0.2) is 31.8 Å². The molecular weight excluding hydrogens is 208 g/mol. The Morgan fingerprint density at radius 2 is 2.25 bits per heavy atom. The zero-order chi connectivity index (χ0) is 11.9. The smallest absolute Gasteiger partial charge is 0.356 e. The van der Waals surface area contributed by atoms with E-state index in [1.807, 2.05) is 18.4 Å². The molecule has 0 amide bonds. The van der Waals surface area contributed by atoms with Gasteiger partial charge in [0, 0.05) is 18.9 Å². The Morgan fingerprint density at radius 1 is 1.56 bits per heavy atom. The lowest BCUT2D eigenvalue weighted by Crippen LogP contribution is -2.25. The summed E-state index contributed by atoms with van der Waals surface area (Å²) in [6.45, 7) is 4.64. The maximum Gasteiger partial charge on any atom is 0.356 e. The van der Waals surface area contributed by atoms with E-state index in [0.717, 1.165) is 5.82 Å². The molecule has 1 aromatic heterocycles. The average molecular weight is 224 g/mol. The van der Waals surface area contributed by atoms with E-state index >= 15 is 0 Å². The molecule has 1 aliphatic heterocycles. The molecule has 0 fully saturated rings. The van der Waals surface area contributed by atoms with Gasteiger partial charge in [0.1, 0.15) is 5.82 Å². The summed E-state index contributed by atoms with van der Waals surface area (Å²) < 4.78 is 1.95. The minimum atomic E-state index is -1.01. The van der Waals surface area contributed by atoms with E-state index in [1.54, 1.807) is 0 Å². The number of carboxylic acids is 1. The molecule has 2 rings (SSSR count). The van der Waals surface area contributed by atoms with Crippen LogP contribution in [0.2, 0.25) is 0 Å². The lowest BCUT2D eigenvalue weighted by molar-refractivity contribution is 0.0687. The first-order chi connectivity index (χ1) is 7.50. The second-order valence-electron chi connectivity index (χ2n) is 4.52. The van der Waals surface area contributed by atoms with Crippen molar-refractivity contribution >= 4 is 5.97 Å². The van der Waals surface area contributed by atoms with Crippen molar-refractivity contribution in [3.8, 4) is 0 Å². The van der Waals surface area contributed by atoms with Gasteiger partial charge in [-0.2, -0.15) is 0 Å². The van der Waals surface area contributed by atoms with Crippen LogP contribution < -0.4 is 0 Å². The van der Waals surface area contributed by atoms with E-state index in [1.165, 1.54) is 0 Å². The molecule has 2 heterocycles. The zero-order valence-corrected chi connectivity index (χ0v) is 9.47. The number of aliphatic hydroxyl groups excluding tert-OH is 1. The predicted octanol–water partition coefficient (Wildman–Crippen LogP) is 1.01. The standard InChI is InChI=1S/C11H16N2O3/c1-6(2)10-12-9(11(15)16)8-5-7(14)3-4-13(8)10/h6-7,14H,3-5H2,1-2H3,(H,15,16). The van der Waals surface area contributed by atoms with Crippen LogP contribution in [-0.2, 0) is 13.0 Å². The van der Waals surface area contributed by atoms with Gasteiger partial charge in [0.05, 0.1) is 11.8 Å². The van der Waals surface area contributed by atoms with Crippen molar-refractivity contribution in [3.63, 3.8) is 0 Å². The summed E-state index contributed by atoms with van der Waals surface area (Å²) in [5.41, 5.74) is 0.761. The number of hydrogen-bond acceptors (Lipinski definition) is 3. The van der Waals surface area contributed by atoms with Gasteiger partial charge < -0.3 is 14.8 Å². The molecule has 0 saturated heterocycles. The van der Waals surface area contributed by atoms with Crippen molar-refractivity contribution in [2.24, 2.45) is 0 Å². The van der Waals surface area contributed by atoms with Gasteiger partial charge in [-0.25, -0.2) is 9.78 Å². The number of aromatic carboxylic acids is 1. The summed E-state index contributed by atoms with van der Waals surface area (Å²) in [4.78, 5) is 15.2. The summed E-state index contributed by atoms with van der Waals surface area (Å²) in [7, 11) is 0. The van der Waals surface area contributed by atoms with Crippen molar-refractivity contribution in [3.05, 3.63) is 17.2 Å². The fourth-order valence-corrected chi connectivity index (χ4v) is 2.18. The average Bonchev–Trinajstić information content (AvgIpc) is 2.56. The molecule has 1 atom stereocenters. The van der Waals surface area contributed by atoms with Gasteiger partial charge in [0.2, 0.25) is 0 Å². The second kappa shape index (κ2) is 3.90. The van der Waals surface area contributed by atoms with Crippen LogP contribution in [0, 0.1) is 0 Å². The Hall–Kier alpha value is -1.36. The lowest BCUT2D eigenvalue weighted by atomic mass is 10.0. The van der Waals surface area contributed by atoms with Gasteiger partial charge in [0.25, 0.3) is 0 Å². The van der Waals surface area contributed by atoms with Crippen LogP contribution in [0.3, 0.4) is 0 Å². The maximum atomic E-state index is 11.1. The number of imidazole rings is 1. The van der Waals surface area contributed by atoms with Crippen LogP contribution in [0.15, 0.2) is 0 Å². The summed E-state index contributed by atoms with van der Waals surface area (Å²) >= 11 is 0. The minimum Gasteiger partial charge on any atom is -0.476 e. The summed E-state index contributed by atoms with van der Waals surface area (Å²) in [5.74, 6) is -0.00820. The third-order valence-electron chi connectivity index (χ3n) is 2.94. The molecule has 5 nitrogen and oxygen atoms in total. The Labute approximate surface area is 93.7 Å². The molecule has 16 heavy (non-hydrogen) atoms. The van der Waals surface area contributed by atoms with Crippen molar-refractivity contribution in [2.45, 2.75) is 45.3 Å². The molecule has 0 bridgehead atoms. The number of fused-ring (bicyclic) bond motifs is 1. The maximum absolute atomic E-state index is 11.1. The van der Waals surface area contributed by atoms with Crippen molar-refractivity contribution < 1.29 is 15.0 Å². The van der Waals surface area contributed by atoms with Crippen molar-refractivity contribution in [1.82, 2.24) is 9.55 Å². The third kappa shape index (κ3) is 1.71. The molecule has 1 aromatic rings. The van der Waals surface area contributed by atoms with Crippen LogP contribution in [0.5, 0.6) is 0 Å². The largest absolute Gasteiger partial charge is 0.476 e. The first-order valence-electron chi connectivity index (χ1n) is 5.51. The van der Waals surface area contributed by atoms with Crippen LogP contribution in [0.1, 0.15) is 48.2 Å². The second-order valence-corrected chi connectivity index (χ2v) is 4.52. The zero-order valence-electron chi connectivity index (χ0n) is 9.47. The molecule has 0 radical (unpaired) electrons. The molecule has 88 valence electrons. The van der Waals surface area contributed by atoms with Crippen LogP contribution in [0.4, 0.5) is 0 Å². The fourth-order valence-electron chi connectivity index (χ4n) is 2.18. The summed E-state index contributed by atoms with van der Waals surface area (Å²) in [6.07, 6.45) is 0.617. The monoisotopic (exact) mass is 224 g/mol. The number of aliphatic hydroxyl groups is 1. The Bertz CT molecular complexity index is 423. The van der Waals surface area contributed by atoms with Gasteiger partial charge in [-0.15, -0.1) is 0 Å². The summed E-state index contributed by atoms with van der Waals surface area (Å²) in [6, 6.07) is 0. The number of carboxylic acid groups (broad SMARTS) is 1. The first kappa shape index (κ1) is 11.1. The Kier molecular flexibility index (Phi) is 2.71. The highest BCUT2D eigenvalue weighted by molar-refractivity contribution is 5.87. The van der Waals surface area contributed by atoms with E-state index < -0.39 is 12.1 Å². The van der Waals surface area contributed by atoms with E-state index in [-0.39, 0.29) is 11.6 Å². The molecular formula is C11H16N2O3. The molecule has 1 unspecified atom stereocenters. The molecule has 0 saturated carbocycles. The van der Waals surface area contributed by atoms with Gasteiger partial charge in [-0.3, -0.25) is 0 Å². The van der Waals surface area contributed by atoms with Crippen molar-refractivity contribution in [2.75, 3.05) is 0 Å². The molecule has 2 N–H and O–H groups in total. The first-order valence-corrected chi connectivity index (χ1v) is 5.51.